The first-order valence-corrected chi connectivity index (χ1v) is 7.37. The number of rotatable bonds is 6. The van der Waals surface area contributed by atoms with E-state index in [0.29, 0.717) is 0 Å². The predicted molar refractivity (Wildman–Crippen MR) is 71.7 cm³/mol. The summed E-state index contributed by atoms with van der Waals surface area (Å²) in [5, 5.41) is 13.0. The van der Waals surface area contributed by atoms with Crippen LogP contribution in [0, 0.1) is 5.92 Å². The average Bonchev–Trinajstić information content (AvgIpc) is 3.14. The smallest absolute Gasteiger partial charge is 0.323 e. The summed E-state index contributed by atoms with van der Waals surface area (Å²) in [4.78, 5) is 14.1. The Morgan fingerprint density at radius 3 is 2.78 bits per heavy atom. The molecule has 0 spiro atoms. The molecule has 1 heterocycles. The molecule has 1 unspecified atom stereocenters. The maximum atomic E-state index is 11.6. The van der Waals surface area contributed by atoms with Gasteiger partial charge >= 0.3 is 5.97 Å². The predicted octanol–water partition coefficient (Wildman–Crippen LogP) is 1.71. The van der Waals surface area contributed by atoms with Gasteiger partial charge < -0.3 is 15.3 Å². The van der Waals surface area contributed by atoms with Gasteiger partial charge in [0.1, 0.15) is 5.54 Å². The molecule has 1 aliphatic heterocycles. The third-order valence-electron chi connectivity index (χ3n) is 4.31. The zero-order valence-corrected chi connectivity index (χ0v) is 11.5. The number of aliphatic carboxylic acids is 1. The van der Waals surface area contributed by atoms with E-state index < -0.39 is 11.5 Å². The van der Waals surface area contributed by atoms with Gasteiger partial charge in [-0.3, -0.25) is 4.79 Å². The van der Waals surface area contributed by atoms with Gasteiger partial charge in [-0.05, 0) is 64.1 Å². The van der Waals surface area contributed by atoms with Gasteiger partial charge in [-0.25, -0.2) is 0 Å². The fourth-order valence-electron chi connectivity index (χ4n) is 2.86. The second-order valence-electron chi connectivity index (χ2n) is 5.91. The van der Waals surface area contributed by atoms with Crippen molar-refractivity contribution in [2.45, 2.75) is 51.0 Å². The lowest BCUT2D eigenvalue weighted by molar-refractivity contribution is -0.145. The van der Waals surface area contributed by atoms with Gasteiger partial charge in [0.2, 0.25) is 0 Å². The highest BCUT2D eigenvalue weighted by atomic mass is 16.4. The van der Waals surface area contributed by atoms with Crippen LogP contribution in [0.15, 0.2) is 0 Å². The minimum absolute atomic E-state index is 0.651. The fraction of sp³-hybridized carbons (Fsp3) is 0.929. The molecule has 2 fully saturated rings. The number of carbonyl (C=O) groups is 1. The second kappa shape index (κ2) is 6.02. The van der Waals surface area contributed by atoms with E-state index in [1.165, 1.54) is 12.8 Å². The normalized spacial score (nSPS) is 30.1. The Bertz CT molecular complexity index is 292. The van der Waals surface area contributed by atoms with E-state index >= 15 is 0 Å². The van der Waals surface area contributed by atoms with Crippen LogP contribution >= 0.6 is 0 Å². The highest BCUT2D eigenvalue weighted by molar-refractivity contribution is 5.78. The molecule has 0 aromatic rings. The van der Waals surface area contributed by atoms with E-state index in [1.54, 1.807) is 0 Å². The molecule has 2 aliphatic rings. The minimum Gasteiger partial charge on any atom is -0.480 e. The first-order valence-electron chi connectivity index (χ1n) is 7.37. The van der Waals surface area contributed by atoms with Crippen molar-refractivity contribution in [3.8, 4) is 0 Å². The van der Waals surface area contributed by atoms with Crippen molar-refractivity contribution in [3.63, 3.8) is 0 Å². The van der Waals surface area contributed by atoms with Gasteiger partial charge in [0, 0.05) is 6.54 Å². The Morgan fingerprint density at radius 2 is 2.17 bits per heavy atom. The van der Waals surface area contributed by atoms with Crippen LogP contribution < -0.4 is 5.32 Å². The highest BCUT2D eigenvalue weighted by Gasteiger charge is 2.40. The number of hydrogen-bond donors (Lipinski definition) is 2. The maximum absolute atomic E-state index is 11.6. The first kappa shape index (κ1) is 13.8. The summed E-state index contributed by atoms with van der Waals surface area (Å²) >= 11 is 0. The van der Waals surface area contributed by atoms with Crippen molar-refractivity contribution >= 4 is 5.97 Å². The molecule has 1 saturated heterocycles. The molecule has 0 bridgehead atoms. The summed E-state index contributed by atoms with van der Waals surface area (Å²) in [5.74, 6) is 0.0812. The Balaban J connectivity index is 1.93. The highest BCUT2D eigenvalue weighted by Crippen LogP contribution is 2.30. The van der Waals surface area contributed by atoms with E-state index in [2.05, 4.69) is 17.1 Å². The lowest BCUT2D eigenvalue weighted by Gasteiger charge is -2.29. The summed E-state index contributed by atoms with van der Waals surface area (Å²) < 4.78 is 0. The van der Waals surface area contributed by atoms with E-state index in [-0.39, 0.29) is 0 Å². The molecule has 1 atom stereocenters. The van der Waals surface area contributed by atoms with Gasteiger partial charge in [0.15, 0.2) is 0 Å². The average molecular weight is 254 g/mol. The van der Waals surface area contributed by atoms with Gasteiger partial charge in [0.05, 0.1) is 0 Å². The van der Waals surface area contributed by atoms with Gasteiger partial charge in [-0.1, -0.05) is 6.92 Å². The number of carboxylic acid groups (broad SMARTS) is 1. The molecule has 18 heavy (non-hydrogen) atoms. The zero-order chi connectivity index (χ0) is 13.0. The van der Waals surface area contributed by atoms with Crippen LogP contribution in [0.2, 0.25) is 0 Å². The summed E-state index contributed by atoms with van der Waals surface area (Å²) in [6.45, 7) is 6.13. The van der Waals surface area contributed by atoms with E-state index in [9.17, 15) is 9.90 Å². The molecule has 0 amide bonds. The summed E-state index contributed by atoms with van der Waals surface area (Å²) in [6, 6.07) is 0. The number of nitrogens with one attached hydrogen (secondary N) is 1. The number of hydrogen-bond acceptors (Lipinski definition) is 3. The molecular formula is C14H26N2O2. The van der Waals surface area contributed by atoms with Crippen molar-refractivity contribution in [3.05, 3.63) is 0 Å². The Labute approximate surface area is 110 Å². The largest absolute Gasteiger partial charge is 0.480 e. The third kappa shape index (κ3) is 3.45. The lowest BCUT2D eigenvalue weighted by Crippen LogP contribution is -2.53. The van der Waals surface area contributed by atoms with E-state index in [4.69, 9.17) is 0 Å². The van der Waals surface area contributed by atoms with E-state index in [1.807, 2.05) is 0 Å². The van der Waals surface area contributed by atoms with E-state index in [0.717, 1.165) is 57.8 Å². The van der Waals surface area contributed by atoms with Crippen LogP contribution in [0.5, 0.6) is 0 Å². The SMILES string of the molecule is CCCN1CCCC(NCC2CC2)(C(=O)O)CC1. The van der Waals surface area contributed by atoms with Crippen LogP contribution in [0.3, 0.4) is 0 Å². The molecular weight excluding hydrogens is 228 g/mol. The maximum Gasteiger partial charge on any atom is 0.323 e. The molecule has 2 N–H and O–H groups in total. The van der Waals surface area contributed by atoms with Crippen LogP contribution in [0.1, 0.15) is 45.4 Å². The van der Waals surface area contributed by atoms with Crippen LogP contribution in [0.25, 0.3) is 0 Å². The van der Waals surface area contributed by atoms with Crippen molar-refractivity contribution in [1.82, 2.24) is 10.2 Å². The van der Waals surface area contributed by atoms with Crippen molar-refractivity contribution in [1.29, 1.82) is 0 Å². The molecule has 0 radical (unpaired) electrons. The number of nitrogens with zero attached hydrogens (tertiary/aromatic N) is 1. The molecule has 1 aliphatic carbocycles. The molecule has 0 aromatic carbocycles. The quantitative estimate of drug-likeness (QED) is 0.757. The number of likely N-dealkylation sites (tertiary alicyclic amines) is 1. The molecule has 0 aromatic heterocycles. The standard InChI is InChI=1S/C14H26N2O2/c1-2-8-16-9-3-6-14(7-10-16,13(17)18)15-11-12-4-5-12/h12,15H,2-11H2,1H3,(H,17,18). The van der Waals surface area contributed by atoms with Gasteiger partial charge in [-0.15, -0.1) is 0 Å². The monoisotopic (exact) mass is 254 g/mol. The van der Waals surface area contributed by atoms with Crippen LogP contribution in [-0.2, 0) is 4.79 Å². The summed E-state index contributed by atoms with van der Waals surface area (Å²) in [7, 11) is 0. The first-order chi connectivity index (χ1) is 8.66. The van der Waals surface area contributed by atoms with Gasteiger partial charge in [0.25, 0.3) is 0 Å². The summed E-state index contributed by atoms with van der Waals surface area (Å²) in [6.07, 6.45) is 6.19. The molecule has 4 nitrogen and oxygen atoms in total. The third-order valence-corrected chi connectivity index (χ3v) is 4.31. The fourth-order valence-corrected chi connectivity index (χ4v) is 2.86. The molecule has 4 heteroatoms. The minimum atomic E-state index is -0.662. The molecule has 2 rings (SSSR count). The van der Waals surface area contributed by atoms with Crippen molar-refractivity contribution < 1.29 is 9.90 Å². The van der Waals surface area contributed by atoms with Crippen LogP contribution in [-0.4, -0.2) is 47.7 Å². The Morgan fingerprint density at radius 1 is 1.39 bits per heavy atom. The number of carboxylic acids is 1. The zero-order valence-electron chi connectivity index (χ0n) is 11.5. The van der Waals surface area contributed by atoms with Gasteiger partial charge in [-0.2, -0.15) is 0 Å². The van der Waals surface area contributed by atoms with Crippen molar-refractivity contribution in [2.24, 2.45) is 5.92 Å². The lowest BCUT2D eigenvalue weighted by atomic mass is 9.90. The molecule has 1 saturated carbocycles. The Kier molecular flexibility index (Phi) is 4.62. The van der Waals surface area contributed by atoms with Crippen molar-refractivity contribution in [2.75, 3.05) is 26.2 Å². The topological polar surface area (TPSA) is 52.6 Å². The second-order valence-corrected chi connectivity index (χ2v) is 5.91. The summed E-state index contributed by atoms with van der Waals surface area (Å²) in [5.41, 5.74) is -0.662. The van der Waals surface area contributed by atoms with Crippen LogP contribution in [0.4, 0.5) is 0 Å². The molecule has 104 valence electrons. The Hall–Kier alpha value is -0.610.